The molecule has 2 heterocycles. The first-order valence-corrected chi connectivity index (χ1v) is 9.43. The van der Waals surface area contributed by atoms with Gasteiger partial charge in [0.2, 0.25) is 21.7 Å². The average Bonchev–Trinajstić information content (AvgIpc) is 3.24. The van der Waals surface area contributed by atoms with Gasteiger partial charge in [-0.25, -0.2) is 13.1 Å². The molecule has 126 valence electrons. The van der Waals surface area contributed by atoms with E-state index in [1.54, 1.807) is 6.07 Å². The van der Waals surface area contributed by atoms with Gasteiger partial charge in [0.25, 0.3) is 0 Å². The van der Waals surface area contributed by atoms with E-state index < -0.39 is 10.0 Å². The maximum atomic E-state index is 12.4. The molecule has 1 aromatic carbocycles. The molecule has 2 aromatic heterocycles. The number of nitrogens with one attached hydrogen (secondary N) is 1. The number of ether oxygens (including phenoxy) is 1. The third kappa shape index (κ3) is 3.59. The fourth-order valence-corrected chi connectivity index (χ4v) is 3.98. The Morgan fingerprint density at radius 3 is 2.92 bits per heavy atom. The molecular weight excluding hydrogens is 374 g/mol. The predicted molar refractivity (Wildman–Crippen MR) is 89.6 cm³/mol. The van der Waals surface area contributed by atoms with E-state index in [9.17, 15) is 8.42 Å². The first-order chi connectivity index (χ1) is 11.5. The summed E-state index contributed by atoms with van der Waals surface area (Å²) in [6.07, 6.45) is 0. The minimum absolute atomic E-state index is 0.0597. The van der Waals surface area contributed by atoms with Crippen molar-refractivity contribution < 1.29 is 17.7 Å². The Balaban J connectivity index is 1.77. The van der Waals surface area contributed by atoms with Crippen molar-refractivity contribution in [3.8, 4) is 16.5 Å². The molecule has 7 nitrogen and oxygen atoms in total. The molecule has 0 spiro atoms. The molecule has 3 aromatic rings. The van der Waals surface area contributed by atoms with Gasteiger partial charge in [0.15, 0.2) is 0 Å². The number of halogens is 1. The van der Waals surface area contributed by atoms with Crippen molar-refractivity contribution >= 4 is 33.0 Å². The smallest absolute Gasteiger partial charge is 0.244 e. The molecule has 0 saturated carbocycles. The molecule has 10 heteroatoms. The van der Waals surface area contributed by atoms with Crippen LogP contribution < -0.4 is 9.46 Å². The Kier molecular flexibility index (Phi) is 4.86. The van der Waals surface area contributed by atoms with Crippen LogP contribution in [-0.4, -0.2) is 25.7 Å². The first-order valence-electron chi connectivity index (χ1n) is 6.69. The molecule has 0 amide bonds. The lowest BCUT2D eigenvalue weighted by Crippen LogP contribution is -2.24. The number of hydrogen-bond acceptors (Lipinski definition) is 7. The van der Waals surface area contributed by atoms with Crippen LogP contribution in [0.1, 0.15) is 5.89 Å². The summed E-state index contributed by atoms with van der Waals surface area (Å²) in [5, 5.41) is 6.00. The van der Waals surface area contributed by atoms with Gasteiger partial charge >= 0.3 is 0 Å². The van der Waals surface area contributed by atoms with Crippen LogP contribution in [-0.2, 0) is 16.6 Å². The molecule has 0 aliphatic carbocycles. The Labute approximate surface area is 147 Å². The highest BCUT2D eigenvalue weighted by molar-refractivity contribution is 7.89. The molecule has 0 aliphatic heterocycles. The van der Waals surface area contributed by atoms with Crippen LogP contribution in [0.3, 0.4) is 0 Å². The van der Waals surface area contributed by atoms with Gasteiger partial charge in [-0.05, 0) is 29.6 Å². The van der Waals surface area contributed by atoms with Gasteiger partial charge in [0.1, 0.15) is 10.6 Å². The number of aromatic nitrogens is 2. The maximum Gasteiger partial charge on any atom is 0.244 e. The summed E-state index contributed by atoms with van der Waals surface area (Å²) >= 11 is 7.33. The van der Waals surface area contributed by atoms with Crippen LogP contribution in [0.2, 0.25) is 5.02 Å². The van der Waals surface area contributed by atoms with Crippen LogP contribution in [0.15, 0.2) is 45.1 Å². The van der Waals surface area contributed by atoms with Crippen molar-refractivity contribution in [3.63, 3.8) is 0 Å². The largest absolute Gasteiger partial charge is 0.495 e. The summed E-state index contributed by atoms with van der Waals surface area (Å²) < 4.78 is 37.4. The summed E-state index contributed by atoms with van der Waals surface area (Å²) in [7, 11) is -2.47. The van der Waals surface area contributed by atoms with Crippen molar-refractivity contribution in [1.82, 2.24) is 14.9 Å². The molecule has 0 aliphatic rings. The number of thiophene rings is 1. The minimum atomic E-state index is -3.85. The normalized spacial score (nSPS) is 11.6. The maximum absolute atomic E-state index is 12.4. The summed E-state index contributed by atoms with van der Waals surface area (Å²) in [6, 6.07) is 8.06. The van der Waals surface area contributed by atoms with E-state index in [0.29, 0.717) is 5.82 Å². The summed E-state index contributed by atoms with van der Waals surface area (Å²) in [4.78, 5) is 4.94. The van der Waals surface area contributed by atoms with Crippen molar-refractivity contribution in [2.75, 3.05) is 7.11 Å². The van der Waals surface area contributed by atoms with E-state index >= 15 is 0 Å². The van der Waals surface area contributed by atoms with Crippen molar-refractivity contribution in [1.29, 1.82) is 0 Å². The van der Waals surface area contributed by atoms with E-state index in [-0.39, 0.29) is 28.1 Å². The van der Waals surface area contributed by atoms with E-state index in [1.165, 1.54) is 30.6 Å². The second-order valence-corrected chi connectivity index (χ2v) is 7.73. The van der Waals surface area contributed by atoms with Gasteiger partial charge in [-0.15, -0.1) is 11.3 Å². The van der Waals surface area contributed by atoms with E-state index in [4.69, 9.17) is 20.9 Å². The minimum Gasteiger partial charge on any atom is -0.495 e. The molecule has 24 heavy (non-hydrogen) atoms. The zero-order valence-corrected chi connectivity index (χ0v) is 14.8. The fourth-order valence-electron chi connectivity index (χ4n) is 1.93. The molecule has 0 unspecified atom stereocenters. The van der Waals surface area contributed by atoms with E-state index in [0.717, 1.165) is 4.88 Å². The summed E-state index contributed by atoms with van der Waals surface area (Å²) in [5.74, 6) is 0.763. The lowest BCUT2D eigenvalue weighted by atomic mass is 10.3. The molecule has 1 N–H and O–H groups in total. The molecule has 0 atom stereocenters. The highest BCUT2D eigenvalue weighted by atomic mass is 35.5. The van der Waals surface area contributed by atoms with Gasteiger partial charge < -0.3 is 9.26 Å². The second-order valence-electron chi connectivity index (χ2n) is 4.61. The number of rotatable bonds is 6. The SMILES string of the molecule is COc1ccc(Cl)cc1S(=O)(=O)NCc1nc(-c2cccs2)no1. The van der Waals surface area contributed by atoms with Gasteiger partial charge in [-0.2, -0.15) is 4.98 Å². The zero-order valence-electron chi connectivity index (χ0n) is 12.4. The number of sulfonamides is 1. The number of methoxy groups -OCH3 is 1. The lowest BCUT2D eigenvalue weighted by Gasteiger charge is -2.09. The van der Waals surface area contributed by atoms with Crippen LogP contribution >= 0.6 is 22.9 Å². The quantitative estimate of drug-likeness (QED) is 0.701. The third-order valence-electron chi connectivity index (χ3n) is 3.04. The van der Waals surface area contributed by atoms with Crippen LogP contribution in [0.25, 0.3) is 10.7 Å². The molecule has 0 saturated heterocycles. The molecule has 3 rings (SSSR count). The van der Waals surface area contributed by atoms with Gasteiger partial charge in [-0.3, -0.25) is 0 Å². The lowest BCUT2D eigenvalue weighted by molar-refractivity contribution is 0.375. The summed E-state index contributed by atoms with van der Waals surface area (Å²) in [5.41, 5.74) is 0. The summed E-state index contributed by atoms with van der Waals surface area (Å²) in [6.45, 7) is -0.142. The third-order valence-corrected chi connectivity index (χ3v) is 5.56. The van der Waals surface area contributed by atoms with Crippen LogP contribution in [0.4, 0.5) is 0 Å². The second kappa shape index (κ2) is 6.89. The Morgan fingerprint density at radius 1 is 1.38 bits per heavy atom. The first kappa shape index (κ1) is 16.9. The zero-order chi connectivity index (χ0) is 17.2. The Hall–Kier alpha value is -1.94. The molecule has 0 fully saturated rings. The number of hydrogen-bond donors (Lipinski definition) is 1. The fraction of sp³-hybridized carbons (Fsp3) is 0.143. The molecule has 0 bridgehead atoms. The Morgan fingerprint density at radius 2 is 2.21 bits per heavy atom. The highest BCUT2D eigenvalue weighted by Crippen LogP contribution is 2.27. The number of nitrogens with zero attached hydrogens (tertiary/aromatic N) is 2. The van der Waals surface area contributed by atoms with Crippen LogP contribution in [0.5, 0.6) is 5.75 Å². The van der Waals surface area contributed by atoms with E-state index in [2.05, 4.69) is 14.9 Å². The standard InChI is InChI=1S/C14H12ClN3O4S2/c1-21-10-5-4-9(15)7-12(10)24(19,20)16-8-13-17-14(18-22-13)11-3-2-6-23-11/h2-7,16H,8H2,1H3. The molecular formula is C14H12ClN3O4S2. The van der Waals surface area contributed by atoms with Crippen molar-refractivity contribution in [3.05, 3.63) is 46.6 Å². The topological polar surface area (TPSA) is 94.3 Å². The predicted octanol–water partition coefficient (Wildman–Crippen LogP) is 2.94. The van der Waals surface area contributed by atoms with E-state index in [1.807, 2.05) is 17.5 Å². The highest BCUT2D eigenvalue weighted by Gasteiger charge is 2.21. The Bertz CT molecular complexity index is 939. The van der Waals surface area contributed by atoms with Crippen molar-refractivity contribution in [2.24, 2.45) is 0 Å². The molecule has 0 radical (unpaired) electrons. The average molecular weight is 386 g/mol. The number of benzene rings is 1. The monoisotopic (exact) mass is 385 g/mol. The van der Waals surface area contributed by atoms with Gasteiger partial charge in [-0.1, -0.05) is 22.8 Å². The van der Waals surface area contributed by atoms with Gasteiger partial charge in [0.05, 0.1) is 18.5 Å². The van der Waals surface area contributed by atoms with Crippen molar-refractivity contribution in [2.45, 2.75) is 11.4 Å². The van der Waals surface area contributed by atoms with Crippen LogP contribution in [0, 0.1) is 0 Å². The van der Waals surface area contributed by atoms with Gasteiger partial charge in [0, 0.05) is 5.02 Å².